The molecule has 10 nitrogen and oxygen atoms in total. The van der Waals surface area contributed by atoms with E-state index in [-0.39, 0.29) is 24.3 Å². The first-order valence-electron chi connectivity index (χ1n) is 12.0. The summed E-state index contributed by atoms with van der Waals surface area (Å²) in [5.74, 6) is -0.219. The monoisotopic (exact) mass is 514 g/mol. The second kappa shape index (κ2) is 12.9. The Labute approximate surface area is 219 Å². The van der Waals surface area contributed by atoms with Crippen molar-refractivity contribution >= 4 is 11.9 Å². The number of carbonyl (C=O) groups excluding carboxylic acids is 2. The van der Waals surface area contributed by atoms with Crippen LogP contribution < -0.4 is 9.47 Å². The fourth-order valence-electron chi connectivity index (χ4n) is 3.74. The zero-order chi connectivity index (χ0) is 26.7. The topological polar surface area (TPSA) is 123 Å². The maximum atomic E-state index is 12.9. The lowest BCUT2D eigenvalue weighted by atomic mass is 9.94. The molecule has 0 saturated heterocycles. The zero-order valence-corrected chi connectivity index (χ0v) is 20.9. The van der Waals surface area contributed by atoms with Gasteiger partial charge >= 0.3 is 11.9 Å². The first-order chi connectivity index (χ1) is 18.6. The molecule has 0 spiro atoms. The molecule has 194 valence electrons. The van der Waals surface area contributed by atoms with Crippen LogP contribution in [0, 0.1) is 0 Å². The Kier molecular flexibility index (Phi) is 8.90. The summed E-state index contributed by atoms with van der Waals surface area (Å²) in [7, 11) is 0. The summed E-state index contributed by atoms with van der Waals surface area (Å²) in [6.45, 7) is 3.74. The molecule has 0 aliphatic heterocycles. The van der Waals surface area contributed by atoms with Crippen LogP contribution >= 0.6 is 0 Å². The molecule has 0 N–H and O–H groups in total. The smallest absolute Gasteiger partial charge is 0.340 e. The number of benzene rings is 2. The molecule has 2 unspecified atom stereocenters. The number of aromatic nitrogens is 4. The molecule has 2 atom stereocenters. The SMILES string of the molecule is CCOC(=O)c1cnncc1C(Oc1ccccc1)C(Oc1ccccc1)c1cnncc1C(=O)OCC. The highest BCUT2D eigenvalue weighted by molar-refractivity contribution is 5.91. The van der Waals surface area contributed by atoms with E-state index in [9.17, 15) is 9.59 Å². The van der Waals surface area contributed by atoms with E-state index in [1.165, 1.54) is 24.8 Å². The second-order valence-electron chi connectivity index (χ2n) is 7.86. The molecule has 0 radical (unpaired) electrons. The van der Waals surface area contributed by atoms with Crippen LogP contribution in [0.25, 0.3) is 0 Å². The van der Waals surface area contributed by atoms with E-state index in [0.29, 0.717) is 22.6 Å². The van der Waals surface area contributed by atoms with Gasteiger partial charge in [-0.1, -0.05) is 36.4 Å². The molecule has 2 aromatic heterocycles. The van der Waals surface area contributed by atoms with Crippen LogP contribution in [0.5, 0.6) is 11.5 Å². The lowest BCUT2D eigenvalue weighted by Crippen LogP contribution is -2.27. The number of para-hydroxylation sites is 2. The quantitative estimate of drug-likeness (QED) is 0.263. The fourth-order valence-corrected chi connectivity index (χ4v) is 3.74. The van der Waals surface area contributed by atoms with Gasteiger partial charge in [-0.3, -0.25) is 0 Å². The third kappa shape index (κ3) is 6.28. The van der Waals surface area contributed by atoms with Crippen LogP contribution in [0.1, 0.15) is 57.9 Å². The van der Waals surface area contributed by atoms with Crippen LogP contribution in [0.3, 0.4) is 0 Å². The number of ether oxygens (including phenoxy) is 4. The average Bonchev–Trinajstić information content (AvgIpc) is 2.96. The zero-order valence-electron chi connectivity index (χ0n) is 20.9. The van der Waals surface area contributed by atoms with E-state index in [0.717, 1.165) is 0 Å². The highest BCUT2D eigenvalue weighted by Gasteiger charge is 2.36. The third-order valence-electron chi connectivity index (χ3n) is 5.41. The Bertz CT molecular complexity index is 1250. The molecule has 10 heteroatoms. The molecule has 0 amide bonds. The summed E-state index contributed by atoms with van der Waals surface area (Å²) < 4.78 is 23.4. The minimum Gasteiger partial charge on any atom is -0.481 e. The molecule has 0 aliphatic rings. The van der Waals surface area contributed by atoms with Crippen LogP contribution in [0.2, 0.25) is 0 Å². The summed E-state index contributed by atoms with van der Waals surface area (Å²) in [5.41, 5.74) is 0.970. The van der Waals surface area contributed by atoms with Crippen molar-refractivity contribution in [2.45, 2.75) is 26.1 Å². The molecule has 4 aromatic rings. The van der Waals surface area contributed by atoms with E-state index in [2.05, 4.69) is 20.4 Å². The standard InChI is InChI=1S/C28H26N4O6/c1-3-35-27(33)23-17-31-29-15-21(23)25(37-19-11-7-5-8-12-19)26(38-20-13-9-6-10-14-20)22-16-30-32-18-24(22)28(34)36-4-2/h5-18,25-26H,3-4H2,1-2H3. The summed E-state index contributed by atoms with van der Waals surface area (Å²) >= 11 is 0. The minimum absolute atomic E-state index is 0.143. The Morgan fingerprint density at radius 2 is 0.974 bits per heavy atom. The van der Waals surface area contributed by atoms with Crippen molar-refractivity contribution in [2.75, 3.05) is 13.2 Å². The maximum absolute atomic E-state index is 12.9. The van der Waals surface area contributed by atoms with Gasteiger partial charge in [0.05, 0.1) is 49.1 Å². The van der Waals surface area contributed by atoms with Gasteiger partial charge in [0.2, 0.25) is 0 Å². The van der Waals surface area contributed by atoms with Gasteiger partial charge in [-0.25, -0.2) is 9.59 Å². The minimum atomic E-state index is -1.01. The molecule has 2 heterocycles. The van der Waals surface area contributed by atoms with Gasteiger partial charge in [0.25, 0.3) is 0 Å². The summed E-state index contributed by atoms with van der Waals surface area (Å²) in [6, 6.07) is 18.0. The van der Waals surface area contributed by atoms with Gasteiger partial charge in [0.15, 0.2) is 12.2 Å². The van der Waals surface area contributed by atoms with Crippen molar-refractivity contribution in [3.8, 4) is 11.5 Å². The van der Waals surface area contributed by atoms with Crippen LogP contribution in [0.15, 0.2) is 85.5 Å². The van der Waals surface area contributed by atoms with Crippen molar-refractivity contribution in [1.82, 2.24) is 20.4 Å². The van der Waals surface area contributed by atoms with Crippen LogP contribution in [-0.2, 0) is 9.47 Å². The lowest BCUT2D eigenvalue weighted by molar-refractivity contribution is 0.0407. The Morgan fingerprint density at radius 1 is 0.605 bits per heavy atom. The van der Waals surface area contributed by atoms with E-state index in [1.807, 2.05) is 36.4 Å². The van der Waals surface area contributed by atoms with Gasteiger partial charge in [0, 0.05) is 11.1 Å². The summed E-state index contributed by atoms with van der Waals surface area (Å²) in [5, 5.41) is 15.8. The van der Waals surface area contributed by atoms with Gasteiger partial charge in [-0.15, -0.1) is 0 Å². The van der Waals surface area contributed by atoms with E-state index in [1.54, 1.807) is 38.1 Å². The number of hydrogen-bond acceptors (Lipinski definition) is 10. The van der Waals surface area contributed by atoms with E-state index < -0.39 is 24.1 Å². The number of hydrogen-bond donors (Lipinski definition) is 0. The van der Waals surface area contributed by atoms with Gasteiger partial charge < -0.3 is 18.9 Å². The molecule has 0 saturated carbocycles. The molecular weight excluding hydrogens is 488 g/mol. The largest absolute Gasteiger partial charge is 0.481 e. The lowest BCUT2D eigenvalue weighted by Gasteiger charge is -2.30. The fraction of sp³-hybridized carbons (Fsp3) is 0.214. The number of esters is 2. The summed E-state index contributed by atoms with van der Waals surface area (Å²) in [6.07, 6.45) is 3.44. The van der Waals surface area contributed by atoms with Gasteiger partial charge in [-0.2, -0.15) is 20.4 Å². The number of carbonyl (C=O) groups is 2. The normalized spacial score (nSPS) is 12.2. The summed E-state index contributed by atoms with van der Waals surface area (Å²) in [4.78, 5) is 25.8. The van der Waals surface area contributed by atoms with Crippen LogP contribution in [-0.4, -0.2) is 45.5 Å². The first kappa shape index (κ1) is 26.2. The molecule has 38 heavy (non-hydrogen) atoms. The molecular formula is C28H26N4O6. The van der Waals surface area contributed by atoms with E-state index >= 15 is 0 Å². The predicted octanol–water partition coefficient (Wildman–Crippen LogP) is 4.56. The molecule has 4 rings (SSSR count). The average molecular weight is 515 g/mol. The molecule has 0 bridgehead atoms. The number of nitrogens with zero attached hydrogens (tertiary/aromatic N) is 4. The van der Waals surface area contributed by atoms with Crippen molar-refractivity contribution in [3.05, 3.63) is 108 Å². The first-order valence-corrected chi connectivity index (χ1v) is 12.0. The highest BCUT2D eigenvalue weighted by atomic mass is 16.5. The van der Waals surface area contributed by atoms with Gasteiger partial charge in [0.1, 0.15) is 11.5 Å². The maximum Gasteiger partial charge on any atom is 0.340 e. The third-order valence-corrected chi connectivity index (χ3v) is 5.41. The molecule has 2 aromatic carbocycles. The van der Waals surface area contributed by atoms with Crippen molar-refractivity contribution in [1.29, 1.82) is 0 Å². The van der Waals surface area contributed by atoms with E-state index in [4.69, 9.17) is 18.9 Å². The Balaban J connectivity index is 1.92. The van der Waals surface area contributed by atoms with Crippen molar-refractivity contribution < 1.29 is 28.5 Å². The number of rotatable bonds is 11. The Hall–Kier alpha value is -4.86. The van der Waals surface area contributed by atoms with Crippen molar-refractivity contribution in [3.63, 3.8) is 0 Å². The second-order valence-corrected chi connectivity index (χ2v) is 7.86. The highest BCUT2D eigenvalue weighted by Crippen LogP contribution is 2.39. The van der Waals surface area contributed by atoms with Crippen LogP contribution in [0.4, 0.5) is 0 Å². The molecule has 0 fully saturated rings. The van der Waals surface area contributed by atoms with Crippen molar-refractivity contribution in [2.24, 2.45) is 0 Å². The Morgan fingerprint density at radius 3 is 1.34 bits per heavy atom. The van der Waals surface area contributed by atoms with Gasteiger partial charge in [-0.05, 0) is 38.1 Å². The predicted molar refractivity (Wildman–Crippen MR) is 136 cm³/mol. The molecule has 0 aliphatic carbocycles.